The number of alkyl halides is 3. The van der Waals surface area contributed by atoms with E-state index in [1.807, 2.05) is 18.2 Å². The second kappa shape index (κ2) is 10.6. The van der Waals surface area contributed by atoms with Crippen LogP contribution in [0.1, 0.15) is 5.56 Å². The van der Waals surface area contributed by atoms with E-state index in [2.05, 4.69) is 5.32 Å². The van der Waals surface area contributed by atoms with Crippen LogP contribution in [0.3, 0.4) is 0 Å². The fourth-order valence-corrected chi connectivity index (χ4v) is 5.34. The molecule has 0 unspecified atom stereocenters. The number of nitrogens with one attached hydrogen (secondary N) is 1. The molecular formula is C27H23F3N2O5S. The van der Waals surface area contributed by atoms with Crippen molar-refractivity contribution < 1.29 is 35.9 Å². The summed E-state index contributed by atoms with van der Waals surface area (Å²) in [6.07, 6.45) is -4.72. The average Bonchev–Trinajstić information content (AvgIpc) is 2.91. The Morgan fingerprint density at radius 2 is 1.55 bits per heavy atom. The average molecular weight is 545 g/mol. The van der Waals surface area contributed by atoms with Crippen LogP contribution in [0.15, 0.2) is 89.8 Å². The number of amides is 1. The van der Waals surface area contributed by atoms with Gasteiger partial charge in [-0.15, -0.1) is 0 Å². The fraction of sp³-hybridized carbons (Fsp3) is 0.148. The molecule has 0 spiro atoms. The van der Waals surface area contributed by atoms with E-state index in [-0.39, 0.29) is 22.1 Å². The van der Waals surface area contributed by atoms with Gasteiger partial charge in [-0.3, -0.25) is 9.10 Å². The number of anilines is 2. The molecule has 38 heavy (non-hydrogen) atoms. The van der Waals surface area contributed by atoms with E-state index in [0.717, 1.165) is 22.9 Å². The predicted octanol–water partition coefficient (Wildman–Crippen LogP) is 5.71. The zero-order chi connectivity index (χ0) is 27.5. The van der Waals surface area contributed by atoms with Crippen LogP contribution >= 0.6 is 0 Å². The van der Waals surface area contributed by atoms with Gasteiger partial charge in [0.1, 0.15) is 6.54 Å². The highest BCUT2D eigenvalue weighted by Gasteiger charge is 2.33. The van der Waals surface area contributed by atoms with Crippen LogP contribution in [-0.4, -0.2) is 35.1 Å². The molecule has 198 valence electrons. The van der Waals surface area contributed by atoms with Crippen molar-refractivity contribution >= 4 is 38.1 Å². The van der Waals surface area contributed by atoms with Crippen LogP contribution < -0.4 is 19.1 Å². The number of ether oxygens (including phenoxy) is 2. The van der Waals surface area contributed by atoms with Crippen LogP contribution in [0, 0.1) is 0 Å². The molecule has 0 atom stereocenters. The summed E-state index contributed by atoms with van der Waals surface area (Å²) in [4.78, 5) is 12.8. The Labute approximate surface area is 217 Å². The molecule has 0 fully saturated rings. The molecule has 0 aliphatic carbocycles. The molecule has 4 rings (SSSR count). The van der Waals surface area contributed by atoms with Gasteiger partial charge >= 0.3 is 6.18 Å². The lowest BCUT2D eigenvalue weighted by atomic mass is 10.1. The van der Waals surface area contributed by atoms with Crippen molar-refractivity contribution in [1.29, 1.82) is 0 Å². The largest absolute Gasteiger partial charge is 0.493 e. The van der Waals surface area contributed by atoms with E-state index in [1.165, 1.54) is 38.5 Å². The number of hydrogen-bond donors (Lipinski definition) is 1. The number of rotatable bonds is 8. The quantitative estimate of drug-likeness (QED) is 0.307. The van der Waals surface area contributed by atoms with Gasteiger partial charge in [0.2, 0.25) is 5.91 Å². The van der Waals surface area contributed by atoms with Crippen molar-refractivity contribution in [3.8, 4) is 11.5 Å². The molecule has 0 saturated heterocycles. The first-order chi connectivity index (χ1) is 18.0. The summed E-state index contributed by atoms with van der Waals surface area (Å²) in [6, 6.07) is 20.0. The molecular weight excluding hydrogens is 521 g/mol. The first kappa shape index (κ1) is 26.8. The van der Waals surface area contributed by atoms with Crippen LogP contribution in [0.5, 0.6) is 11.5 Å². The molecule has 1 amide bonds. The molecule has 4 aromatic rings. The molecule has 4 aromatic carbocycles. The van der Waals surface area contributed by atoms with Gasteiger partial charge in [-0.05, 0) is 41.8 Å². The lowest BCUT2D eigenvalue weighted by Gasteiger charge is -2.25. The lowest BCUT2D eigenvalue weighted by Crippen LogP contribution is -2.38. The van der Waals surface area contributed by atoms with Crippen molar-refractivity contribution in [3.05, 3.63) is 90.5 Å². The fourth-order valence-electron chi connectivity index (χ4n) is 3.91. The highest BCUT2D eigenvalue weighted by Crippen LogP contribution is 2.35. The minimum atomic E-state index is -4.72. The number of carbonyl (C=O) groups excluding carboxylic acids is 1. The molecule has 0 aliphatic heterocycles. The third-order valence-electron chi connectivity index (χ3n) is 5.76. The molecule has 0 aliphatic rings. The minimum absolute atomic E-state index is 0.0952. The van der Waals surface area contributed by atoms with Crippen LogP contribution in [0.4, 0.5) is 24.5 Å². The highest BCUT2D eigenvalue weighted by atomic mass is 32.2. The number of benzene rings is 4. The van der Waals surface area contributed by atoms with E-state index >= 15 is 0 Å². The molecule has 0 bridgehead atoms. The highest BCUT2D eigenvalue weighted by molar-refractivity contribution is 7.92. The van der Waals surface area contributed by atoms with Gasteiger partial charge in [0.05, 0.1) is 30.4 Å². The maximum absolute atomic E-state index is 13.7. The summed E-state index contributed by atoms with van der Waals surface area (Å²) in [5.41, 5.74) is -0.958. The normalized spacial score (nSPS) is 11.7. The van der Waals surface area contributed by atoms with E-state index in [0.29, 0.717) is 16.1 Å². The van der Waals surface area contributed by atoms with Crippen molar-refractivity contribution in [2.24, 2.45) is 0 Å². The lowest BCUT2D eigenvalue weighted by molar-refractivity contribution is -0.137. The first-order valence-corrected chi connectivity index (χ1v) is 12.7. The van der Waals surface area contributed by atoms with Crippen LogP contribution in [0.2, 0.25) is 0 Å². The second-order valence-electron chi connectivity index (χ2n) is 8.15. The third kappa shape index (κ3) is 5.52. The second-order valence-corrected chi connectivity index (χ2v) is 10.0. The Hall–Kier alpha value is -4.25. The predicted molar refractivity (Wildman–Crippen MR) is 138 cm³/mol. The summed E-state index contributed by atoms with van der Waals surface area (Å²) >= 11 is 0. The zero-order valence-electron chi connectivity index (χ0n) is 20.3. The Morgan fingerprint density at radius 3 is 2.26 bits per heavy atom. The number of carbonyl (C=O) groups is 1. The topological polar surface area (TPSA) is 84.9 Å². The van der Waals surface area contributed by atoms with Crippen LogP contribution in [0.25, 0.3) is 10.8 Å². The maximum atomic E-state index is 13.7. The molecule has 0 radical (unpaired) electrons. The van der Waals surface area contributed by atoms with Gasteiger partial charge in [0, 0.05) is 17.1 Å². The summed E-state index contributed by atoms with van der Waals surface area (Å²) in [5, 5.41) is 4.25. The molecule has 7 nitrogen and oxygen atoms in total. The summed E-state index contributed by atoms with van der Waals surface area (Å²) in [7, 11) is -1.84. The first-order valence-electron chi connectivity index (χ1n) is 11.2. The summed E-state index contributed by atoms with van der Waals surface area (Å²) in [6.45, 7) is -0.790. The number of methoxy groups -OCH3 is 2. The van der Waals surface area contributed by atoms with E-state index in [1.54, 1.807) is 24.3 Å². The number of sulfonamides is 1. The van der Waals surface area contributed by atoms with Gasteiger partial charge in [0.25, 0.3) is 10.0 Å². The van der Waals surface area contributed by atoms with E-state index in [4.69, 9.17) is 9.47 Å². The molecule has 0 saturated carbocycles. The van der Waals surface area contributed by atoms with Gasteiger partial charge in [-0.1, -0.05) is 42.5 Å². The standard InChI is InChI=1S/C27H23F3N2O5S/c1-36-24-14-13-21(16-25(24)37-2)38(34,35)32(20-10-6-9-19(15-20)27(28,29)30)17-26(33)31-23-12-5-8-18-7-3-4-11-22(18)23/h3-16H,17H2,1-2H3,(H,31,33). The Bertz CT molecular complexity index is 1580. The number of nitrogens with zero attached hydrogens (tertiary/aromatic N) is 1. The van der Waals surface area contributed by atoms with E-state index < -0.39 is 34.2 Å². The van der Waals surface area contributed by atoms with Gasteiger partial charge in [-0.2, -0.15) is 13.2 Å². The summed E-state index contributed by atoms with van der Waals surface area (Å²) < 4.78 is 78.8. The zero-order valence-corrected chi connectivity index (χ0v) is 21.1. The smallest absolute Gasteiger partial charge is 0.416 e. The van der Waals surface area contributed by atoms with Gasteiger partial charge in [0.15, 0.2) is 11.5 Å². The van der Waals surface area contributed by atoms with Gasteiger partial charge in [-0.25, -0.2) is 8.42 Å². The maximum Gasteiger partial charge on any atom is 0.416 e. The van der Waals surface area contributed by atoms with Crippen molar-refractivity contribution in [2.45, 2.75) is 11.1 Å². The SMILES string of the molecule is COc1ccc(S(=O)(=O)N(CC(=O)Nc2cccc3ccccc23)c2cccc(C(F)(F)F)c2)cc1OC. The molecule has 1 N–H and O–H groups in total. The van der Waals surface area contributed by atoms with Crippen molar-refractivity contribution in [2.75, 3.05) is 30.4 Å². The molecule has 0 aromatic heterocycles. The van der Waals surface area contributed by atoms with Crippen molar-refractivity contribution in [1.82, 2.24) is 0 Å². The Balaban J connectivity index is 1.76. The van der Waals surface area contributed by atoms with Crippen LogP contribution in [-0.2, 0) is 21.0 Å². The van der Waals surface area contributed by atoms with Crippen molar-refractivity contribution in [3.63, 3.8) is 0 Å². The van der Waals surface area contributed by atoms with Gasteiger partial charge < -0.3 is 14.8 Å². The summed E-state index contributed by atoms with van der Waals surface area (Å²) in [5.74, 6) is -0.397. The monoisotopic (exact) mass is 544 g/mol. The molecule has 11 heteroatoms. The Morgan fingerprint density at radius 1 is 0.868 bits per heavy atom. The molecule has 0 heterocycles. The number of fused-ring (bicyclic) bond motifs is 1. The Kier molecular flexibility index (Phi) is 7.49. The minimum Gasteiger partial charge on any atom is -0.493 e. The third-order valence-corrected chi connectivity index (χ3v) is 7.53. The van der Waals surface area contributed by atoms with E-state index in [9.17, 15) is 26.4 Å². The number of halogens is 3. The number of hydrogen-bond acceptors (Lipinski definition) is 5.